The van der Waals surface area contributed by atoms with Gasteiger partial charge in [0.05, 0.1) is 0 Å². The molecule has 1 aromatic rings. The van der Waals surface area contributed by atoms with Crippen molar-refractivity contribution in [2.45, 2.75) is 26.7 Å². The lowest BCUT2D eigenvalue weighted by atomic mass is 10.1. The van der Waals surface area contributed by atoms with Crippen LogP contribution in [0.1, 0.15) is 31.4 Å². The third-order valence-electron chi connectivity index (χ3n) is 3.06. The average molecular weight is 261 g/mol. The largest absolute Gasteiger partial charge is 0.396 e. The Morgan fingerprint density at radius 3 is 2.63 bits per heavy atom. The summed E-state index contributed by atoms with van der Waals surface area (Å²) in [7, 11) is 0. The van der Waals surface area contributed by atoms with Gasteiger partial charge in [-0.1, -0.05) is 38.1 Å². The minimum Gasteiger partial charge on any atom is -0.396 e. The maximum absolute atomic E-state index is 11.6. The lowest BCUT2D eigenvalue weighted by Gasteiger charge is -2.09. The van der Waals surface area contributed by atoms with Crippen LogP contribution in [-0.2, 0) is 11.2 Å². The normalized spacial score (nSPS) is 12.6. The van der Waals surface area contributed by atoms with Gasteiger partial charge in [0.2, 0.25) is 5.91 Å². The molecule has 0 aromatic heterocycles. The van der Waals surface area contributed by atoms with Crippen molar-refractivity contribution in [2.24, 2.45) is 5.92 Å². The van der Waals surface area contributed by atoms with Gasteiger partial charge in [-0.05, 0) is 36.0 Å². The van der Waals surface area contributed by atoms with Crippen LogP contribution in [-0.4, -0.2) is 24.2 Å². The summed E-state index contributed by atoms with van der Waals surface area (Å²) in [5, 5.41) is 11.6. The van der Waals surface area contributed by atoms with E-state index in [9.17, 15) is 4.79 Å². The molecule has 0 heterocycles. The van der Waals surface area contributed by atoms with Crippen molar-refractivity contribution in [3.63, 3.8) is 0 Å². The maximum Gasteiger partial charge on any atom is 0.244 e. The Kier molecular flexibility index (Phi) is 6.90. The van der Waals surface area contributed by atoms with Crippen LogP contribution in [0.25, 0.3) is 6.08 Å². The average Bonchev–Trinajstić information content (AvgIpc) is 2.44. The van der Waals surface area contributed by atoms with Crippen LogP contribution in [0.4, 0.5) is 0 Å². The predicted molar refractivity (Wildman–Crippen MR) is 78.7 cm³/mol. The standard InChI is InChI=1S/C16H23NO2/c1-3-14-4-6-15(7-5-14)8-9-16(19)17-12-13(2)10-11-18/h4-9,13,18H,3,10-12H2,1-2H3,(H,17,19). The van der Waals surface area contributed by atoms with E-state index < -0.39 is 0 Å². The van der Waals surface area contributed by atoms with Gasteiger partial charge in [0.15, 0.2) is 0 Å². The summed E-state index contributed by atoms with van der Waals surface area (Å²) in [6.45, 7) is 4.88. The van der Waals surface area contributed by atoms with Gasteiger partial charge >= 0.3 is 0 Å². The molecular formula is C16H23NO2. The van der Waals surface area contributed by atoms with Crippen molar-refractivity contribution in [3.05, 3.63) is 41.5 Å². The van der Waals surface area contributed by atoms with Crippen LogP contribution in [0.3, 0.4) is 0 Å². The first kappa shape index (κ1) is 15.4. The number of carbonyl (C=O) groups excluding carboxylic acids is 1. The first-order chi connectivity index (χ1) is 9.15. The molecule has 0 bridgehead atoms. The molecule has 0 saturated heterocycles. The fourth-order valence-corrected chi connectivity index (χ4v) is 1.69. The van der Waals surface area contributed by atoms with E-state index in [-0.39, 0.29) is 12.5 Å². The Bertz CT molecular complexity index is 409. The predicted octanol–water partition coefficient (Wildman–Crippen LogP) is 2.40. The number of aryl methyl sites for hydroxylation is 1. The minimum absolute atomic E-state index is 0.0932. The van der Waals surface area contributed by atoms with Crippen molar-refractivity contribution >= 4 is 12.0 Å². The Morgan fingerprint density at radius 2 is 2.05 bits per heavy atom. The maximum atomic E-state index is 11.6. The molecule has 0 radical (unpaired) electrons. The molecule has 1 rings (SSSR count). The highest BCUT2D eigenvalue weighted by Gasteiger charge is 2.02. The minimum atomic E-state index is -0.0932. The molecule has 1 unspecified atom stereocenters. The van der Waals surface area contributed by atoms with Gasteiger partial charge in [0.1, 0.15) is 0 Å². The summed E-state index contributed by atoms with van der Waals surface area (Å²) >= 11 is 0. The fourth-order valence-electron chi connectivity index (χ4n) is 1.69. The van der Waals surface area contributed by atoms with Crippen LogP contribution in [0, 0.1) is 5.92 Å². The van der Waals surface area contributed by atoms with Crippen molar-refractivity contribution < 1.29 is 9.90 Å². The zero-order valence-corrected chi connectivity index (χ0v) is 11.7. The van der Waals surface area contributed by atoms with Crippen molar-refractivity contribution in [2.75, 3.05) is 13.2 Å². The zero-order chi connectivity index (χ0) is 14.1. The quantitative estimate of drug-likeness (QED) is 0.740. The zero-order valence-electron chi connectivity index (χ0n) is 11.7. The third kappa shape index (κ3) is 6.20. The monoisotopic (exact) mass is 261 g/mol. The van der Waals surface area contributed by atoms with E-state index in [0.29, 0.717) is 18.9 Å². The number of hydrogen-bond acceptors (Lipinski definition) is 2. The second-order valence-electron chi connectivity index (χ2n) is 4.79. The summed E-state index contributed by atoms with van der Waals surface area (Å²) in [6, 6.07) is 8.16. The number of aliphatic hydroxyl groups excluding tert-OH is 1. The van der Waals surface area contributed by atoms with E-state index in [1.165, 1.54) is 5.56 Å². The molecule has 1 amide bonds. The molecule has 0 aliphatic heterocycles. The van der Waals surface area contributed by atoms with Gasteiger partial charge in [0.25, 0.3) is 0 Å². The molecule has 1 aromatic carbocycles. The molecule has 104 valence electrons. The molecule has 0 spiro atoms. The lowest BCUT2D eigenvalue weighted by Crippen LogP contribution is -2.26. The molecule has 0 aliphatic carbocycles. The van der Waals surface area contributed by atoms with Gasteiger partial charge in [-0.25, -0.2) is 0 Å². The lowest BCUT2D eigenvalue weighted by molar-refractivity contribution is -0.116. The molecule has 3 heteroatoms. The highest BCUT2D eigenvalue weighted by Crippen LogP contribution is 2.06. The molecule has 3 nitrogen and oxygen atoms in total. The number of amides is 1. The molecule has 0 aliphatic rings. The van der Waals surface area contributed by atoms with E-state index in [2.05, 4.69) is 24.4 Å². The number of aliphatic hydroxyl groups is 1. The molecule has 0 saturated carbocycles. The summed E-state index contributed by atoms with van der Waals surface area (Å²) in [5.41, 5.74) is 2.31. The fraction of sp³-hybridized carbons (Fsp3) is 0.438. The van der Waals surface area contributed by atoms with Crippen molar-refractivity contribution in [3.8, 4) is 0 Å². The van der Waals surface area contributed by atoms with E-state index in [4.69, 9.17) is 5.11 Å². The van der Waals surface area contributed by atoms with E-state index in [1.54, 1.807) is 6.08 Å². The van der Waals surface area contributed by atoms with Crippen molar-refractivity contribution in [1.29, 1.82) is 0 Å². The van der Waals surface area contributed by atoms with Gasteiger partial charge in [0, 0.05) is 19.2 Å². The van der Waals surface area contributed by atoms with Crippen LogP contribution in [0.5, 0.6) is 0 Å². The number of benzene rings is 1. The Morgan fingerprint density at radius 1 is 1.37 bits per heavy atom. The topological polar surface area (TPSA) is 49.3 Å². The summed E-state index contributed by atoms with van der Waals surface area (Å²) in [5.74, 6) is 0.204. The molecule has 1 atom stereocenters. The van der Waals surface area contributed by atoms with Gasteiger partial charge < -0.3 is 10.4 Å². The second-order valence-corrected chi connectivity index (χ2v) is 4.79. The first-order valence-electron chi connectivity index (χ1n) is 6.81. The summed E-state index contributed by atoms with van der Waals surface area (Å²) in [4.78, 5) is 11.6. The number of rotatable bonds is 7. The number of nitrogens with one attached hydrogen (secondary N) is 1. The third-order valence-corrected chi connectivity index (χ3v) is 3.06. The Hall–Kier alpha value is -1.61. The SMILES string of the molecule is CCc1ccc(C=CC(=O)NCC(C)CCO)cc1. The molecule has 2 N–H and O–H groups in total. The highest BCUT2D eigenvalue weighted by atomic mass is 16.3. The summed E-state index contributed by atoms with van der Waals surface area (Å²) in [6.07, 6.45) is 5.09. The number of carbonyl (C=O) groups is 1. The van der Waals surface area contributed by atoms with Crippen LogP contribution in [0.15, 0.2) is 30.3 Å². The Labute approximate surface area is 115 Å². The molecule has 19 heavy (non-hydrogen) atoms. The van der Waals surface area contributed by atoms with Crippen LogP contribution in [0.2, 0.25) is 0 Å². The second kappa shape index (κ2) is 8.48. The molecular weight excluding hydrogens is 238 g/mol. The number of hydrogen-bond donors (Lipinski definition) is 2. The van der Waals surface area contributed by atoms with Gasteiger partial charge in [-0.2, -0.15) is 0 Å². The molecule has 0 fully saturated rings. The summed E-state index contributed by atoms with van der Waals surface area (Å²) < 4.78 is 0. The van der Waals surface area contributed by atoms with Crippen molar-refractivity contribution in [1.82, 2.24) is 5.32 Å². The van der Waals surface area contributed by atoms with E-state index in [1.807, 2.05) is 25.1 Å². The van der Waals surface area contributed by atoms with E-state index >= 15 is 0 Å². The Balaban J connectivity index is 2.40. The van der Waals surface area contributed by atoms with E-state index in [0.717, 1.165) is 12.0 Å². The van der Waals surface area contributed by atoms with Gasteiger partial charge in [-0.15, -0.1) is 0 Å². The van der Waals surface area contributed by atoms with Gasteiger partial charge in [-0.3, -0.25) is 4.79 Å². The highest BCUT2D eigenvalue weighted by molar-refractivity contribution is 5.91. The first-order valence-corrected chi connectivity index (χ1v) is 6.81. The smallest absolute Gasteiger partial charge is 0.244 e. The van der Waals surface area contributed by atoms with Crippen LogP contribution < -0.4 is 5.32 Å². The van der Waals surface area contributed by atoms with Crippen LogP contribution >= 0.6 is 0 Å².